The molecular weight excluding hydrogens is 355 g/mol. The van der Waals surface area contributed by atoms with Crippen LogP contribution < -0.4 is 0 Å². The van der Waals surface area contributed by atoms with E-state index in [-0.39, 0.29) is 17.3 Å². The Balaban J connectivity index is 2.35. The van der Waals surface area contributed by atoms with Crippen molar-refractivity contribution in [1.29, 1.82) is 0 Å². The lowest BCUT2D eigenvalue weighted by Gasteiger charge is -2.02. The molecule has 0 N–H and O–H groups in total. The number of nitrogens with zero attached hydrogens (tertiary/aromatic N) is 4. The second-order valence-corrected chi connectivity index (χ2v) is 4.96. The molecule has 0 fully saturated rings. The molecule has 2 aromatic rings. The van der Waals surface area contributed by atoms with Gasteiger partial charge in [-0.15, -0.1) is 0 Å². The van der Waals surface area contributed by atoms with Crippen LogP contribution in [0.1, 0.15) is 5.56 Å². The molecule has 1 aromatic carbocycles. The first-order valence-corrected chi connectivity index (χ1v) is 6.36. The second-order valence-electron chi connectivity index (χ2n) is 3.76. The fraction of sp³-hybridized carbons (Fsp3) is 0.100. The summed E-state index contributed by atoms with van der Waals surface area (Å²) in [6, 6.07) is 4.53. The zero-order valence-electron chi connectivity index (χ0n) is 9.69. The van der Waals surface area contributed by atoms with Crippen LogP contribution in [0.25, 0.3) is 0 Å². The molecule has 0 radical (unpaired) electrons. The van der Waals surface area contributed by atoms with E-state index in [4.69, 9.17) is 11.6 Å². The Labute approximate surface area is 125 Å². The monoisotopic (exact) mass is 360 g/mol. The number of nitro benzene ring substituents is 1. The van der Waals surface area contributed by atoms with E-state index in [9.17, 15) is 20.2 Å². The van der Waals surface area contributed by atoms with Gasteiger partial charge in [-0.25, -0.2) is 0 Å². The third-order valence-corrected chi connectivity index (χ3v) is 3.64. The van der Waals surface area contributed by atoms with Crippen LogP contribution in [-0.2, 0) is 6.54 Å². The SMILES string of the molecule is O=[N+]([O-])c1cccc(Cn2cc(Cl)c([N+](=O)[O-])n2)c1Br. The summed E-state index contributed by atoms with van der Waals surface area (Å²) in [5, 5.41) is 25.1. The predicted molar refractivity (Wildman–Crippen MR) is 73.8 cm³/mol. The lowest BCUT2D eigenvalue weighted by atomic mass is 10.2. The molecular formula is C10H6BrClN4O4. The van der Waals surface area contributed by atoms with Crippen LogP contribution in [0.15, 0.2) is 28.9 Å². The van der Waals surface area contributed by atoms with Gasteiger partial charge in [-0.05, 0) is 26.4 Å². The van der Waals surface area contributed by atoms with Gasteiger partial charge in [0.25, 0.3) is 5.69 Å². The summed E-state index contributed by atoms with van der Waals surface area (Å²) in [5.41, 5.74) is 0.475. The maximum atomic E-state index is 10.8. The Morgan fingerprint density at radius 3 is 2.55 bits per heavy atom. The van der Waals surface area contributed by atoms with Crippen LogP contribution in [0.3, 0.4) is 0 Å². The molecule has 1 heterocycles. The van der Waals surface area contributed by atoms with Crippen molar-refractivity contribution in [3.8, 4) is 0 Å². The first-order chi connectivity index (χ1) is 9.40. The largest absolute Gasteiger partial charge is 0.408 e. The van der Waals surface area contributed by atoms with Gasteiger partial charge < -0.3 is 10.1 Å². The van der Waals surface area contributed by atoms with Gasteiger partial charge in [-0.3, -0.25) is 10.1 Å². The molecule has 0 aliphatic heterocycles. The molecule has 0 atom stereocenters. The molecule has 20 heavy (non-hydrogen) atoms. The highest BCUT2D eigenvalue weighted by Gasteiger charge is 2.21. The van der Waals surface area contributed by atoms with Gasteiger partial charge in [0.2, 0.25) is 0 Å². The van der Waals surface area contributed by atoms with Crippen molar-refractivity contribution in [2.24, 2.45) is 0 Å². The third-order valence-electron chi connectivity index (χ3n) is 2.46. The minimum Gasteiger partial charge on any atom is -0.358 e. The fourth-order valence-corrected chi connectivity index (χ4v) is 2.35. The van der Waals surface area contributed by atoms with Gasteiger partial charge in [-0.1, -0.05) is 23.7 Å². The quantitative estimate of drug-likeness (QED) is 0.614. The lowest BCUT2D eigenvalue weighted by Crippen LogP contribution is -2.03. The number of nitro groups is 2. The Bertz CT molecular complexity index is 703. The molecule has 0 saturated heterocycles. The second kappa shape index (κ2) is 5.55. The predicted octanol–water partition coefficient (Wildman–Crippen LogP) is 3.16. The fourth-order valence-electron chi connectivity index (χ4n) is 1.60. The molecule has 2 rings (SSSR count). The number of hydrogen-bond acceptors (Lipinski definition) is 5. The summed E-state index contributed by atoms with van der Waals surface area (Å²) in [6.45, 7) is 0.121. The van der Waals surface area contributed by atoms with Crippen LogP contribution >= 0.6 is 27.5 Å². The Morgan fingerprint density at radius 1 is 1.30 bits per heavy atom. The molecule has 8 nitrogen and oxygen atoms in total. The summed E-state index contributed by atoms with van der Waals surface area (Å²) >= 11 is 8.83. The molecule has 0 spiro atoms. The van der Waals surface area contributed by atoms with E-state index in [1.165, 1.54) is 23.0 Å². The summed E-state index contributed by atoms with van der Waals surface area (Å²) in [5.74, 6) is -0.451. The minimum atomic E-state index is -0.693. The van der Waals surface area contributed by atoms with Gasteiger partial charge in [0.15, 0.2) is 5.02 Å². The van der Waals surface area contributed by atoms with Gasteiger partial charge in [-0.2, -0.15) is 4.68 Å². The lowest BCUT2D eigenvalue weighted by molar-refractivity contribution is -0.389. The molecule has 0 aliphatic rings. The molecule has 0 amide bonds. The number of halogens is 2. The number of hydrogen-bond donors (Lipinski definition) is 0. The topological polar surface area (TPSA) is 104 Å². The van der Waals surface area contributed by atoms with Crippen molar-refractivity contribution < 1.29 is 9.85 Å². The van der Waals surface area contributed by atoms with Crippen molar-refractivity contribution in [3.63, 3.8) is 0 Å². The summed E-state index contributed by atoms with van der Waals surface area (Å²) in [4.78, 5) is 20.2. The van der Waals surface area contributed by atoms with Crippen LogP contribution in [0.5, 0.6) is 0 Å². The third kappa shape index (κ3) is 2.78. The Kier molecular flexibility index (Phi) is 4.00. The van der Waals surface area contributed by atoms with Crippen molar-refractivity contribution in [2.75, 3.05) is 0 Å². The van der Waals surface area contributed by atoms with Gasteiger partial charge >= 0.3 is 5.82 Å². The highest BCUT2D eigenvalue weighted by Crippen LogP contribution is 2.29. The zero-order valence-corrected chi connectivity index (χ0v) is 12.0. The van der Waals surface area contributed by atoms with E-state index < -0.39 is 15.7 Å². The summed E-state index contributed by atoms with van der Waals surface area (Å²) < 4.78 is 1.56. The standard InChI is InChI=1S/C10H6BrClN4O4/c11-9-6(2-1-3-8(9)15(17)18)4-14-5-7(12)10(13-14)16(19)20/h1-3,5H,4H2. The number of aromatic nitrogens is 2. The molecule has 104 valence electrons. The van der Waals surface area contributed by atoms with Crippen molar-refractivity contribution >= 4 is 39.0 Å². The first kappa shape index (κ1) is 14.4. The normalized spacial score (nSPS) is 10.5. The average molecular weight is 362 g/mol. The summed E-state index contributed by atoms with van der Waals surface area (Å²) in [6.07, 6.45) is 1.30. The summed E-state index contributed by atoms with van der Waals surface area (Å²) in [7, 11) is 0. The highest BCUT2D eigenvalue weighted by molar-refractivity contribution is 9.10. The molecule has 0 saturated carbocycles. The van der Waals surface area contributed by atoms with E-state index in [2.05, 4.69) is 21.0 Å². The maximum Gasteiger partial charge on any atom is 0.408 e. The van der Waals surface area contributed by atoms with Crippen LogP contribution in [0, 0.1) is 20.2 Å². The average Bonchev–Trinajstić information content (AvgIpc) is 2.72. The van der Waals surface area contributed by atoms with Crippen LogP contribution in [0.4, 0.5) is 11.5 Å². The molecule has 0 aliphatic carbocycles. The number of benzene rings is 1. The molecule has 1 aromatic heterocycles. The van der Waals surface area contributed by atoms with E-state index >= 15 is 0 Å². The van der Waals surface area contributed by atoms with E-state index in [0.29, 0.717) is 10.0 Å². The molecule has 0 bridgehead atoms. The van der Waals surface area contributed by atoms with E-state index in [0.717, 1.165) is 0 Å². The Hall–Kier alpha value is -2.00. The van der Waals surface area contributed by atoms with E-state index in [1.807, 2.05) is 0 Å². The van der Waals surface area contributed by atoms with Gasteiger partial charge in [0.1, 0.15) is 4.47 Å². The van der Waals surface area contributed by atoms with Crippen LogP contribution in [0.2, 0.25) is 5.02 Å². The van der Waals surface area contributed by atoms with Crippen LogP contribution in [-0.4, -0.2) is 19.6 Å². The minimum absolute atomic E-state index is 0.0865. The zero-order chi connectivity index (χ0) is 14.9. The molecule has 0 unspecified atom stereocenters. The molecule has 10 heteroatoms. The Morgan fingerprint density at radius 2 is 2.00 bits per heavy atom. The van der Waals surface area contributed by atoms with Crippen molar-refractivity contribution in [2.45, 2.75) is 6.54 Å². The maximum absolute atomic E-state index is 10.8. The van der Waals surface area contributed by atoms with Gasteiger partial charge in [0.05, 0.1) is 22.8 Å². The van der Waals surface area contributed by atoms with Crippen molar-refractivity contribution in [3.05, 3.63) is 59.7 Å². The smallest absolute Gasteiger partial charge is 0.358 e. The van der Waals surface area contributed by atoms with Gasteiger partial charge in [0, 0.05) is 6.07 Å². The van der Waals surface area contributed by atoms with E-state index in [1.54, 1.807) is 6.07 Å². The van der Waals surface area contributed by atoms with Crippen molar-refractivity contribution in [1.82, 2.24) is 9.78 Å². The highest BCUT2D eigenvalue weighted by atomic mass is 79.9. The first-order valence-electron chi connectivity index (χ1n) is 5.19. The number of rotatable bonds is 4.